The normalized spacial score (nSPS) is 17.8. The Kier molecular flexibility index (Phi) is 6.19. The summed E-state index contributed by atoms with van der Waals surface area (Å²) in [6.45, 7) is 15.0. The van der Waals surface area contributed by atoms with Crippen LogP contribution in [0, 0.1) is 19.8 Å². The lowest BCUT2D eigenvalue weighted by Gasteiger charge is -2.34. The van der Waals surface area contributed by atoms with Gasteiger partial charge in [-0.2, -0.15) is 0 Å². The van der Waals surface area contributed by atoms with Crippen LogP contribution in [0.1, 0.15) is 35.1 Å². The Morgan fingerprint density at radius 2 is 1.86 bits per heavy atom. The van der Waals surface area contributed by atoms with Gasteiger partial charge < -0.3 is 10.2 Å². The summed E-state index contributed by atoms with van der Waals surface area (Å²) in [5, 5.41) is 3.62. The van der Waals surface area contributed by atoms with Gasteiger partial charge in [-0.25, -0.2) is 4.98 Å². The minimum atomic E-state index is 0.571. The molecule has 0 aliphatic carbocycles. The molecule has 0 amide bonds. The number of aromatic nitrogens is 1. The first kappa shape index (κ1) is 20.0. The van der Waals surface area contributed by atoms with Gasteiger partial charge in [0.05, 0.1) is 0 Å². The Labute approximate surface area is 175 Å². The molecule has 0 saturated carbocycles. The molecule has 0 spiro atoms. The van der Waals surface area contributed by atoms with Crippen molar-refractivity contribution in [3.63, 3.8) is 0 Å². The fourth-order valence-electron chi connectivity index (χ4n) is 4.55. The fraction of sp³-hybridized carbons (Fsp3) is 0.480. The van der Waals surface area contributed by atoms with Crippen LogP contribution in [-0.4, -0.2) is 42.6 Å². The number of rotatable bonds is 6. The van der Waals surface area contributed by atoms with Crippen LogP contribution >= 0.6 is 0 Å². The summed E-state index contributed by atoms with van der Waals surface area (Å²) in [4.78, 5) is 9.53. The molecule has 1 fully saturated rings. The number of anilines is 1. The van der Waals surface area contributed by atoms with Crippen molar-refractivity contribution in [2.45, 2.75) is 39.7 Å². The van der Waals surface area contributed by atoms with Gasteiger partial charge >= 0.3 is 0 Å². The van der Waals surface area contributed by atoms with Gasteiger partial charge in [0.25, 0.3) is 0 Å². The largest absolute Gasteiger partial charge is 0.387 e. The molecule has 3 heterocycles. The van der Waals surface area contributed by atoms with Crippen LogP contribution in [-0.2, 0) is 13.0 Å². The third-order valence-corrected chi connectivity index (χ3v) is 6.44. The molecule has 2 aromatic rings. The van der Waals surface area contributed by atoms with E-state index in [2.05, 4.69) is 70.9 Å². The molecule has 1 aromatic heterocycles. The summed E-state index contributed by atoms with van der Waals surface area (Å²) in [6.07, 6.45) is 5.43. The average molecular weight is 391 g/mol. The summed E-state index contributed by atoms with van der Waals surface area (Å²) in [6, 6.07) is 11.2. The molecule has 0 bridgehead atoms. The Balaban J connectivity index is 1.19. The average Bonchev–Trinajstić information content (AvgIpc) is 2.74. The van der Waals surface area contributed by atoms with Crippen LogP contribution < -0.4 is 10.2 Å². The van der Waals surface area contributed by atoms with Gasteiger partial charge in [0.15, 0.2) is 0 Å². The third-order valence-electron chi connectivity index (χ3n) is 6.44. The number of hydrogen-bond acceptors (Lipinski definition) is 4. The number of pyridine rings is 1. The van der Waals surface area contributed by atoms with Crippen molar-refractivity contribution in [1.82, 2.24) is 15.2 Å². The number of fused-ring (bicyclic) bond motifs is 1. The molecular formula is C25H34N4. The van der Waals surface area contributed by atoms with Gasteiger partial charge in [0.2, 0.25) is 0 Å². The molecule has 2 aliphatic rings. The number of hydrogen-bond donors (Lipinski definition) is 1. The van der Waals surface area contributed by atoms with Gasteiger partial charge in [-0.05, 0) is 55.9 Å². The predicted molar refractivity (Wildman–Crippen MR) is 121 cm³/mol. The molecule has 154 valence electrons. The van der Waals surface area contributed by atoms with Crippen molar-refractivity contribution in [1.29, 1.82) is 0 Å². The zero-order chi connectivity index (χ0) is 20.2. The van der Waals surface area contributed by atoms with Crippen LogP contribution in [0.4, 0.5) is 5.82 Å². The van der Waals surface area contributed by atoms with Crippen molar-refractivity contribution in [3.8, 4) is 0 Å². The number of nitrogens with one attached hydrogen (secondary N) is 1. The van der Waals surface area contributed by atoms with Crippen molar-refractivity contribution < 1.29 is 0 Å². The van der Waals surface area contributed by atoms with Crippen LogP contribution in [0.5, 0.6) is 0 Å². The summed E-state index contributed by atoms with van der Waals surface area (Å²) < 4.78 is 0. The second kappa shape index (κ2) is 9.00. The molecular weight excluding hydrogens is 356 g/mol. The number of aryl methyl sites for hydroxylation is 2. The van der Waals surface area contributed by atoms with Crippen LogP contribution in [0.3, 0.4) is 0 Å². The Hall–Kier alpha value is -2.33. The molecule has 0 atom stereocenters. The van der Waals surface area contributed by atoms with Crippen LogP contribution in [0.2, 0.25) is 0 Å². The highest BCUT2D eigenvalue weighted by Gasteiger charge is 2.22. The van der Waals surface area contributed by atoms with Gasteiger partial charge in [-0.1, -0.05) is 36.4 Å². The molecule has 0 radical (unpaired) electrons. The van der Waals surface area contributed by atoms with E-state index in [0.29, 0.717) is 5.92 Å². The van der Waals surface area contributed by atoms with Gasteiger partial charge in [0, 0.05) is 57.1 Å². The fourth-order valence-corrected chi connectivity index (χ4v) is 4.55. The highest BCUT2D eigenvalue weighted by Crippen LogP contribution is 2.25. The van der Waals surface area contributed by atoms with Crippen LogP contribution in [0.15, 0.2) is 48.8 Å². The van der Waals surface area contributed by atoms with Crippen molar-refractivity contribution in [2.24, 2.45) is 5.92 Å². The highest BCUT2D eigenvalue weighted by molar-refractivity contribution is 5.39. The molecule has 1 N–H and O–H groups in total. The molecule has 2 aliphatic heterocycles. The maximum Gasteiger partial charge on any atom is 0.128 e. The maximum absolute atomic E-state index is 4.58. The monoisotopic (exact) mass is 390 g/mol. The number of benzene rings is 1. The zero-order valence-electron chi connectivity index (χ0n) is 18.0. The molecule has 0 unspecified atom stereocenters. The van der Waals surface area contributed by atoms with E-state index >= 15 is 0 Å². The summed E-state index contributed by atoms with van der Waals surface area (Å²) >= 11 is 0. The summed E-state index contributed by atoms with van der Waals surface area (Å²) in [5.41, 5.74) is 6.84. The molecule has 4 heteroatoms. The first-order chi connectivity index (χ1) is 14.1. The Bertz CT molecular complexity index is 834. The van der Waals surface area contributed by atoms with Crippen molar-refractivity contribution in [2.75, 3.05) is 37.6 Å². The quantitative estimate of drug-likeness (QED) is 0.805. The third kappa shape index (κ3) is 4.99. The first-order valence-corrected chi connectivity index (χ1v) is 11.0. The smallest absolute Gasteiger partial charge is 0.128 e. The van der Waals surface area contributed by atoms with E-state index in [0.717, 1.165) is 57.9 Å². The van der Waals surface area contributed by atoms with Crippen molar-refractivity contribution >= 4 is 5.82 Å². The van der Waals surface area contributed by atoms with E-state index in [1.165, 1.54) is 34.4 Å². The first-order valence-electron chi connectivity index (χ1n) is 11.0. The molecule has 29 heavy (non-hydrogen) atoms. The minimum absolute atomic E-state index is 0.571. The van der Waals surface area contributed by atoms with E-state index in [1.807, 2.05) is 6.20 Å². The molecule has 1 aromatic carbocycles. The molecule has 4 nitrogen and oxygen atoms in total. The SMILES string of the molecule is C=C(NCCN1CCc2cc(C)ccc2C1)C1CCN(c2ccc(C)cn2)CC1. The Morgan fingerprint density at radius 3 is 2.62 bits per heavy atom. The Morgan fingerprint density at radius 1 is 1.07 bits per heavy atom. The van der Waals surface area contributed by atoms with Gasteiger partial charge in [-0.15, -0.1) is 0 Å². The number of piperidine rings is 1. The van der Waals surface area contributed by atoms with E-state index < -0.39 is 0 Å². The lowest BCUT2D eigenvalue weighted by Crippen LogP contribution is -2.39. The van der Waals surface area contributed by atoms with Crippen LogP contribution in [0.25, 0.3) is 0 Å². The number of allylic oxidation sites excluding steroid dienone is 1. The summed E-state index contributed by atoms with van der Waals surface area (Å²) in [7, 11) is 0. The van der Waals surface area contributed by atoms with E-state index in [-0.39, 0.29) is 0 Å². The zero-order valence-corrected chi connectivity index (χ0v) is 18.0. The molecule has 4 rings (SSSR count). The van der Waals surface area contributed by atoms with E-state index in [1.54, 1.807) is 0 Å². The highest BCUT2D eigenvalue weighted by atomic mass is 15.2. The molecule has 1 saturated heterocycles. The summed E-state index contributed by atoms with van der Waals surface area (Å²) in [5.74, 6) is 1.68. The topological polar surface area (TPSA) is 31.4 Å². The lowest BCUT2D eigenvalue weighted by atomic mass is 9.94. The maximum atomic E-state index is 4.58. The minimum Gasteiger partial charge on any atom is -0.387 e. The van der Waals surface area contributed by atoms with Gasteiger partial charge in [-0.3, -0.25) is 4.90 Å². The second-order valence-corrected chi connectivity index (χ2v) is 8.71. The van der Waals surface area contributed by atoms with Crippen molar-refractivity contribution in [3.05, 3.63) is 71.1 Å². The standard InChI is InChI=1S/C25H34N4/c1-19-4-6-24-18-28(12-8-23(24)16-19)15-11-26-21(3)22-9-13-29(14-10-22)25-7-5-20(2)17-27-25/h4-7,16-17,22,26H,3,8-15,18H2,1-2H3. The lowest BCUT2D eigenvalue weighted by molar-refractivity contribution is 0.254. The second-order valence-electron chi connectivity index (χ2n) is 8.71. The van der Waals surface area contributed by atoms with E-state index in [9.17, 15) is 0 Å². The predicted octanol–water partition coefficient (Wildman–Crippen LogP) is 4.08. The number of nitrogens with zero attached hydrogens (tertiary/aromatic N) is 3. The van der Waals surface area contributed by atoms with E-state index in [4.69, 9.17) is 0 Å². The van der Waals surface area contributed by atoms with Gasteiger partial charge in [0.1, 0.15) is 5.82 Å².